The molecule has 0 amide bonds. The number of para-hydroxylation sites is 1. The largest absolute Gasteiger partial charge is 0.225 e. The summed E-state index contributed by atoms with van der Waals surface area (Å²) in [5, 5.41) is 0.436. The van der Waals surface area contributed by atoms with Gasteiger partial charge < -0.3 is 0 Å². The molecule has 0 aliphatic carbocycles. The molecule has 11 heavy (non-hydrogen) atoms. The highest BCUT2D eigenvalue weighted by Crippen LogP contribution is 2.10. The molecule has 3 heteroatoms. The van der Waals surface area contributed by atoms with Crippen LogP contribution in [0.2, 0.25) is 0 Å². The average Bonchev–Trinajstić information content (AvgIpc) is 2.06. The van der Waals surface area contributed by atoms with E-state index in [1.165, 1.54) is 0 Å². The van der Waals surface area contributed by atoms with Crippen molar-refractivity contribution >= 4 is 10.9 Å². The van der Waals surface area contributed by atoms with E-state index in [9.17, 15) is 4.39 Å². The predicted molar refractivity (Wildman–Crippen MR) is 38.3 cm³/mol. The van der Waals surface area contributed by atoms with Gasteiger partial charge in [-0.1, -0.05) is 12.1 Å². The molecule has 2 nitrogen and oxygen atoms in total. The molecule has 0 N–H and O–H groups in total. The number of hydrogen-bond donors (Lipinski definition) is 0. The van der Waals surface area contributed by atoms with Crippen LogP contribution >= 0.6 is 0 Å². The topological polar surface area (TPSA) is 25.8 Å². The molecular formula is C8H4FN2. The summed E-state index contributed by atoms with van der Waals surface area (Å²) in [5.41, 5.74) is 0.583. The van der Waals surface area contributed by atoms with Gasteiger partial charge in [0.15, 0.2) is 0 Å². The number of aromatic nitrogens is 2. The van der Waals surface area contributed by atoms with E-state index in [-0.39, 0.29) is 0 Å². The lowest BCUT2D eigenvalue weighted by Gasteiger charge is -1.93. The predicted octanol–water partition coefficient (Wildman–Crippen LogP) is 1.57. The lowest BCUT2D eigenvalue weighted by molar-refractivity contribution is 0.592. The first kappa shape index (κ1) is 6.22. The highest BCUT2D eigenvalue weighted by Gasteiger charge is 1.99. The van der Waals surface area contributed by atoms with Crippen LogP contribution in [0.4, 0.5) is 4.39 Å². The summed E-state index contributed by atoms with van der Waals surface area (Å²) in [6, 6.07) is 6.90. The zero-order valence-electron chi connectivity index (χ0n) is 5.58. The highest BCUT2D eigenvalue weighted by molar-refractivity contribution is 5.77. The maximum Gasteiger partial charge on any atom is 0.224 e. The first-order chi connectivity index (χ1) is 5.38. The van der Waals surface area contributed by atoms with Crippen molar-refractivity contribution in [2.75, 3.05) is 0 Å². The van der Waals surface area contributed by atoms with Gasteiger partial charge in [0.05, 0.1) is 10.9 Å². The van der Waals surface area contributed by atoms with Crippen molar-refractivity contribution < 1.29 is 4.39 Å². The molecule has 0 aliphatic heterocycles. The summed E-state index contributed by atoms with van der Waals surface area (Å²) >= 11 is 0. The van der Waals surface area contributed by atoms with E-state index in [0.29, 0.717) is 10.9 Å². The SMILES string of the molecule is Fc1n[c]nc2ccccc12. The number of nitrogens with zero attached hydrogens (tertiary/aromatic N) is 2. The van der Waals surface area contributed by atoms with Gasteiger partial charge in [-0.3, -0.25) is 0 Å². The van der Waals surface area contributed by atoms with Crippen LogP contribution in [0.1, 0.15) is 0 Å². The minimum atomic E-state index is -0.518. The fraction of sp³-hybridized carbons (Fsp3) is 0. The molecule has 1 heterocycles. The summed E-state index contributed by atoms with van der Waals surface area (Å²) in [5.74, 6) is -0.518. The Kier molecular flexibility index (Phi) is 1.28. The molecular weight excluding hydrogens is 143 g/mol. The standard InChI is InChI=1S/C8H4FN2/c9-8-6-3-1-2-4-7(6)10-5-11-8/h1-4H. The van der Waals surface area contributed by atoms with E-state index in [4.69, 9.17) is 0 Å². The van der Waals surface area contributed by atoms with E-state index in [2.05, 4.69) is 16.3 Å². The molecule has 0 unspecified atom stereocenters. The Bertz CT molecular complexity index is 381. The van der Waals surface area contributed by atoms with Gasteiger partial charge in [-0.05, 0) is 12.1 Å². The van der Waals surface area contributed by atoms with Crippen molar-refractivity contribution in [1.82, 2.24) is 9.97 Å². The Labute approximate surface area is 62.7 Å². The number of halogens is 1. The second-order valence-corrected chi connectivity index (χ2v) is 2.13. The highest BCUT2D eigenvalue weighted by atomic mass is 19.1. The Hall–Kier alpha value is -1.51. The van der Waals surface area contributed by atoms with Crippen LogP contribution in [0, 0.1) is 12.3 Å². The van der Waals surface area contributed by atoms with Crippen molar-refractivity contribution in [2.45, 2.75) is 0 Å². The van der Waals surface area contributed by atoms with Gasteiger partial charge in [0.25, 0.3) is 0 Å². The van der Waals surface area contributed by atoms with Crippen molar-refractivity contribution in [1.29, 1.82) is 0 Å². The summed E-state index contributed by atoms with van der Waals surface area (Å²) in [4.78, 5) is 7.07. The van der Waals surface area contributed by atoms with Gasteiger partial charge in [-0.15, -0.1) is 0 Å². The molecule has 0 aliphatic rings. The molecule has 53 valence electrons. The third-order valence-corrected chi connectivity index (χ3v) is 1.44. The molecule has 0 saturated carbocycles. The minimum absolute atomic E-state index is 0.436. The van der Waals surface area contributed by atoms with Crippen LogP contribution in [-0.2, 0) is 0 Å². The Morgan fingerprint density at radius 1 is 1.18 bits per heavy atom. The molecule has 0 saturated heterocycles. The van der Waals surface area contributed by atoms with Gasteiger partial charge >= 0.3 is 0 Å². The van der Waals surface area contributed by atoms with Gasteiger partial charge in [-0.25, -0.2) is 4.98 Å². The molecule has 0 atom stereocenters. The molecule has 0 bridgehead atoms. The Morgan fingerprint density at radius 3 is 2.82 bits per heavy atom. The lowest BCUT2D eigenvalue weighted by Crippen LogP contribution is -1.87. The van der Waals surface area contributed by atoms with Gasteiger partial charge in [0.2, 0.25) is 12.3 Å². The molecule has 1 aromatic carbocycles. The lowest BCUT2D eigenvalue weighted by atomic mass is 10.2. The summed E-state index contributed by atoms with van der Waals surface area (Å²) < 4.78 is 12.8. The van der Waals surface area contributed by atoms with Crippen LogP contribution in [0.5, 0.6) is 0 Å². The van der Waals surface area contributed by atoms with Crippen LogP contribution < -0.4 is 0 Å². The van der Waals surface area contributed by atoms with E-state index in [1.807, 2.05) is 0 Å². The monoisotopic (exact) mass is 147 g/mol. The molecule has 0 spiro atoms. The third kappa shape index (κ3) is 0.941. The molecule has 0 fully saturated rings. The first-order valence-corrected chi connectivity index (χ1v) is 3.16. The number of rotatable bonds is 0. The smallest absolute Gasteiger partial charge is 0.224 e. The van der Waals surface area contributed by atoms with Crippen molar-refractivity contribution in [3.05, 3.63) is 36.5 Å². The second-order valence-electron chi connectivity index (χ2n) is 2.13. The van der Waals surface area contributed by atoms with Crippen molar-refractivity contribution in [3.63, 3.8) is 0 Å². The zero-order valence-corrected chi connectivity index (χ0v) is 5.58. The van der Waals surface area contributed by atoms with E-state index < -0.39 is 5.95 Å². The molecule has 1 aromatic heterocycles. The number of fused-ring (bicyclic) bond motifs is 1. The van der Waals surface area contributed by atoms with Crippen LogP contribution in [-0.4, -0.2) is 9.97 Å². The third-order valence-electron chi connectivity index (χ3n) is 1.44. The molecule has 2 aromatic rings. The van der Waals surface area contributed by atoms with Crippen LogP contribution in [0.15, 0.2) is 24.3 Å². The summed E-state index contributed by atoms with van der Waals surface area (Å²) in [6.07, 6.45) is 2.23. The van der Waals surface area contributed by atoms with Gasteiger partial charge in [-0.2, -0.15) is 9.37 Å². The Morgan fingerprint density at radius 2 is 2.00 bits per heavy atom. The maximum absolute atomic E-state index is 12.8. The van der Waals surface area contributed by atoms with Gasteiger partial charge in [0.1, 0.15) is 0 Å². The van der Waals surface area contributed by atoms with Gasteiger partial charge in [0, 0.05) is 0 Å². The van der Waals surface area contributed by atoms with E-state index >= 15 is 0 Å². The van der Waals surface area contributed by atoms with Crippen LogP contribution in [0.3, 0.4) is 0 Å². The second kappa shape index (κ2) is 2.27. The number of benzene rings is 1. The Balaban J connectivity index is 2.91. The fourth-order valence-corrected chi connectivity index (χ4v) is 0.929. The first-order valence-electron chi connectivity index (χ1n) is 3.16. The van der Waals surface area contributed by atoms with E-state index in [1.54, 1.807) is 24.3 Å². The molecule has 2 rings (SSSR count). The van der Waals surface area contributed by atoms with Crippen molar-refractivity contribution in [3.8, 4) is 0 Å². The minimum Gasteiger partial charge on any atom is -0.225 e. The zero-order chi connectivity index (χ0) is 7.68. The van der Waals surface area contributed by atoms with Crippen LogP contribution in [0.25, 0.3) is 10.9 Å². The summed E-state index contributed by atoms with van der Waals surface area (Å²) in [6.45, 7) is 0. The van der Waals surface area contributed by atoms with E-state index in [0.717, 1.165) is 0 Å². The average molecular weight is 147 g/mol. The summed E-state index contributed by atoms with van der Waals surface area (Å²) in [7, 11) is 0. The quantitative estimate of drug-likeness (QED) is 0.528. The fourth-order valence-electron chi connectivity index (χ4n) is 0.929. The van der Waals surface area contributed by atoms with Crippen molar-refractivity contribution in [2.24, 2.45) is 0 Å². The molecule has 1 radical (unpaired) electrons. The normalized spacial score (nSPS) is 10.3. The number of hydrogen-bond acceptors (Lipinski definition) is 2. The maximum atomic E-state index is 12.8.